The number of rotatable bonds is 7. The Morgan fingerprint density at radius 2 is 2.30 bits per heavy atom. The third-order valence-electron chi connectivity index (χ3n) is 3.06. The molecule has 0 aliphatic heterocycles. The highest BCUT2D eigenvalue weighted by atomic mass is 16.5. The number of nitrogens with one attached hydrogen (secondary N) is 1. The largest absolute Gasteiger partial charge is 0.455 e. The first-order valence-electron chi connectivity index (χ1n) is 6.71. The van der Waals surface area contributed by atoms with E-state index in [1.807, 2.05) is 6.92 Å². The van der Waals surface area contributed by atoms with Crippen molar-refractivity contribution in [3.63, 3.8) is 0 Å². The first-order chi connectivity index (χ1) is 9.58. The maximum atomic E-state index is 11.6. The molecule has 1 aliphatic carbocycles. The summed E-state index contributed by atoms with van der Waals surface area (Å²) in [5.74, 6) is 0.100. The number of amides is 1. The van der Waals surface area contributed by atoms with E-state index in [4.69, 9.17) is 9.26 Å². The SMILES string of the molecule is CCN(CC(=O)OCC(=O)Nc1cc(C)on1)C1CC1. The summed E-state index contributed by atoms with van der Waals surface area (Å²) >= 11 is 0. The second kappa shape index (κ2) is 6.51. The summed E-state index contributed by atoms with van der Waals surface area (Å²) in [6.07, 6.45) is 2.26. The van der Waals surface area contributed by atoms with Crippen LogP contribution in [0.25, 0.3) is 0 Å². The second-order valence-corrected chi connectivity index (χ2v) is 4.83. The molecule has 1 aromatic rings. The number of carbonyl (C=O) groups is 2. The monoisotopic (exact) mass is 281 g/mol. The van der Waals surface area contributed by atoms with Crippen molar-refractivity contribution in [2.24, 2.45) is 0 Å². The van der Waals surface area contributed by atoms with E-state index < -0.39 is 5.91 Å². The smallest absolute Gasteiger partial charge is 0.320 e. The minimum Gasteiger partial charge on any atom is -0.455 e. The van der Waals surface area contributed by atoms with Crippen molar-refractivity contribution in [1.29, 1.82) is 0 Å². The van der Waals surface area contributed by atoms with Gasteiger partial charge < -0.3 is 14.6 Å². The number of likely N-dealkylation sites (N-methyl/N-ethyl adjacent to an activating group) is 1. The van der Waals surface area contributed by atoms with Crippen LogP contribution in [0.2, 0.25) is 0 Å². The Hall–Kier alpha value is -1.89. The van der Waals surface area contributed by atoms with E-state index in [-0.39, 0.29) is 19.1 Å². The zero-order valence-corrected chi connectivity index (χ0v) is 11.7. The van der Waals surface area contributed by atoms with Crippen LogP contribution < -0.4 is 5.32 Å². The predicted octanol–water partition coefficient (Wildman–Crippen LogP) is 0.949. The molecule has 1 aromatic heterocycles. The number of hydrogen-bond donors (Lipinski definition) is 1. The molecule has 1 heterocycles. The Bertz CT molecular complexity index is 482. The fourth-order valence-electron chi connectivity index (χ4n) is 1.90. The zero-order valence-electron chi connectivity index (χ0n) is 11.7. The first-order valence-corrected chi connectivity index (χ1v) is 6.71. The minimum absolute atomic E-state index is 0.234. The van der Waals surface area contributed by atoms with Gasteiger partial charge in [-0.3, -0.25) is 14.5 Å². The molecule has 7 heteroatoms. The molecule has 7 nitrogen and oxygen atoms in total. The van der Waals surface area contributed by atoms with Gasteiger partial charge in [-0.05, 0) is 26.3 Å². The van der Waals surface area contributed by atoms with E-state index in [0.717, 1.165) is 19.4 Å². The van der Waals surface area contributed by atoms with Crippen molar-refractivity contribution < 1.29 is 18.8 Å². The number of ether oxygens (including phenoxy) is 1. The Morgan fingerprint density at radius 3 is 2.85 bits per heavy atom. The summed E-state index contributed by atoms with van der Waals surface area (Å²) in [5.41, 5.74) is 0. The molecule has 1 fully saturated rings. The Morgan fingerprint density at radius 1 is 1.55 bits per heavy atom. The average molecular weight is 281 g/mol. The van der Waals surface area contributed by atoms with Crippen molar-refractivity contribution in [3.05, 3.63) is 11.8 Å². The fourth-order valence-corrected chi connectivity index (χ4v) is 1.90. The van der Waals surface area contributed by atoms with Gasteiger partial charge in [-0.25, -0.2) is 0 Å². The number of carbonyl (C=O) groups excluding carboxylic acids is 2. The van der Waals surface area contributed by atoms with Gasteiger partial charge in [0.25, 0.3) is 5.91 Å². The molecular formula is C13H19N3O4. The molecule has 2 rings (SSSR count). The van der Waals surface area contributed by atoms with E-state index in [0.29, 0.717) is 17.6 Å². The van der Waals surface area contributed by atoms with Gasteiger partial charge in [0.15, 0.2) is 12.4 Å². The molecule has 1 N–H and O–H groups in total. The van der Waals surface area contributed by atoms with Gasteiger partial charge in [0.05, 0.1) is 6.54 Å². The summed E-state index contributed by atoms with van der Waals surface area (Å²) in [6.45, 7) is 4.46. The van der Waals surface area contributed by atoms with Crippen LogP contribution in [0.1, 0.15) is 25.5 Å². The number of aromatic nitrogens is 1. The molecule has 1 amide bonds. The molecule has 0 aromatic carbocycles. The number of aryl methyl sites for hydroxylation is 1. The molecule has 0 saturated heterocycles. The van der Waals surface area contributed by atoms with Crippen LogP contribution in [-0.2, 0) is 14.3 Å². The third-order valence-corrected chi connectivity index (χ3v) is 3.06. The van der Waals surface area contributed by atoms with E-state index in [1.165, 1.54) is 0 Å². The van der Waals surface area contributed by atoms with Crippen molar-refractivity contribution in [1.82, 2.24) is 10.1 Å². The lowest BCUT2D eigenvalue weighted by Gasteiger charge is -2.18. The van der Waals surface area contributed by atoms with Gasteiger partial charge in [0, 0.05) is 12.1 Å². The maximum Gasteiger partial charge on any atom is 0.320 e. The topological polar surface area (TPSA) is 84.7 Å². The highest BCUT2D eigenvalue weighted by Gasteiger charge is 2.29. The van der Waals surface area contributed by atoms with Crippen LogP contribution in [0, 0.1) is 6.92 Å². The lowest BCUT2D eigenvalue weighted by Crippen LogP contribution is -2.34. The molecule has 0 atom stereocenters. The van der Waals surface area contributed by atoms with Crippen LogP contribution in [0.4, 0.5) is 5.82 Å². The third kappa shape index (κ3) is 4.34. The van der Waals surface area contributed by atoms with Gasteiger partial charge >= 0.3 is 5.97 Å². The molecule has 0 bridgehead atoms. The van der Waals surface area contributed by atoms with Crippen LogP contribution in [0.3, 0.4) is 0 Å². The molecule has 1 saturated carbocycles. The Kier molecular flexibility index (Phi) is 4.73. The Balaban J connectivity index is 1.68. The van der Waals surface area contributed by atoms with Crippen molar-refractivity contribution in [2.75, 3.05) is 25.0 Å². The quantitative estimate of drug-likeness (QED) is 0.749. The van der Waals surface area contributed by atoms with Gasteiger partial charge in [-0.2, -0.15) is 0 Å². The van der Waals surface area contributed by atoms with Gasteiger partial charge in [-0.15, -0.1) is 0 Å². The highest BCUT2D eigenvalue weighted by molar-refractivity contribution is 5.92. The molecule has 0 unspecified atom stereocenters. The van der Waals surface area contributed by atoms with E-state index in [2.05, 4.69) is 15.4 Å². The van der Waals surface area contributed by atoms with E-state index in [9.17, 15) is 9.59 Å². The number of hydrogen-bond acceptors (Lipinski definition) is 6. The van der Waals surface area contributed by atoms with E-state index in [1.54, 1.807) is 13.0 Å². The first kappa shape index (κ1) is 14.5. The van der Waals surface area contributed by atoms with Gasteiger partial charge in [0.1, 0.15) is 5.76 Å². The van der Waals surface area contributed by atoms with Crippen molar-refractivity contribution in [2.45, 2.75) is 32.7 Å². The predicted molar refractivity (Wildman–Crippen MR) is 71.1 cm³/mol. The van der Waals surface area contributed by atoms with Crippen LogP contribution in [-0.4, -0.2) is 47.7 Å². The number of esters is 1. The summed E-state index contributed by atoms with van der Waals surface area (Å²) in [7, 11) is 0. The lowest BCUT2D eigenvalue weighted by atomic mass is 10.4. The number of anilines is 1. The highest BCUT2D eigenvalue weighted by Crippen LogP contribution is 2.26. The second-order valence-electron chi connectivity index (χ2n) is 4.83. The van der Waals surface area contributed by atoms with Gasteiger partial charge in [-0.1, -0.05) is 12.1 Å². The molecule has 1 aliphatic rings. The maximum absolute atomic E-state index is 11.6. The Labute approximate surface area is 117 Å². The summed E-state index contributed by atoms with van der Waals surface area (Å²) in [5, 5.41) is 6.11. The summed E-state index contributed by atoms with van der Waals surface area (Å²) in [6, 6.07) is 2.09. The van der Waals surface area contributed by atoms with Crippen LogP contribution in [0.15, 0.2) is 10.6 Å². The molecule has 0 spiro atoms. The molecule has 0 radical (unpaired) electrons. The number of nitrogens with zero attached hydrogens (tertiary/aromatic N) is 2. The van der Waals surface area contributed by atoms with Crippen LogP contribution in [0.5, 0.6) is 0 Å². The van der Waals surface area contributed by atoms with Crippen LogP contribution >= 0.6 is 0 Å². The molecule has 20 heavy (non-hydrogen) atoms. The summed E-state index contributed by atoms with van der Waals surface area (Å²) < 4.78 is 9.75. The standard InChI is InChI=1S/C13H19N3O4/c1-3-16(10-4-5-10)7-13(18)19-8-12(17)14-11-6-9(2)20-15-11/h6,10H,3-5,7-8H2,1-2H3,(H,14,15,17). The lowest BCUT2D eigenvalue weighted by molar-refractivity contribution is -0.148. The fraction of sp³-hybridized carbons (Fsp3) is 0.615. The van der Waals surface area contributed by atoms with Crippen molar-refractivity contribution in [3.8, 4) is 0 Å². The normalized spacial score (nSPS) is 14.3. The zero-order chi connectivity index (χ0) is 14.5. The molecular weight excluding hydrogens is 262 g/mol. The molecule has 110 valence electrons. The van der Waals surface area contributed by atoms with E-state index >= 15 is 0 Å². The van der Waals surface area contributed by atoms with Crippen molar-refractivity contribution >= 4 is 17.7 Å². The average Bonchev–Trinajstić information content (AvgIpc) is 3.18. The van der Waals surface area contributed by atoms with Gasteiger partial charge in [0.2, 0.25) is 0 Å². The minimum atomic E-state index is -0.430. The summed E-state index contributed by atoms with van der Waals surface area (Å²) in [4.78, 5) is 25.2.